The van der Waals surface area contributed by atoms with Crippen LogP contribution in [0, 0.1) is 5.41 Å². The Bertz CT molecular complexity index is 667. The molecule has 2 atom stereocenters. The topological polar surface area (TPSA) is 55.1 Å². The van der Waals surface area contributed by atoms with Gasteiger partial charge in [0.1, 0.15) is 17.1 Å². The Balaban J connectivity index is 2.15. The van der Waals surface area contributed by atoms with Crippen LogP contribution in [-0.2, 0) is 11.3 Å². The van der Waals surface area contributed by atoms with Gasteiger partial charge in [-0.05, 0) is 44.7 Å². The van der Waals surface area contributed by atoms with Crippen molar-refractivity contribution in [1.82, 2.24) is 9.78 Å². The SMILES string of the molecule is CC(=O)C(C)(CCn1ccc(-c2cccs2)n1)C(C)(O)C(F)F. The second-order valence-electron chi connectivity index (χ2n) is 6.03. The van der Waals surface area contributed by atoms with Crippen molar-refractivity contribution < 1.29 is 18.7 Å². The molecule has 2 aromatic rings. The highest BCUT2D eigenvalue weighted by Gasteiger charge is 2.52. The van der Waals surface area contributed by atoms with E-state index in [4.69, 9.17) is 0 Å². The molecule has 0 aromatic carbocycles. The predicted molar refractivity (Wildman–Crippen MR) is 85.6 cm³/mol. The maximum Gasteiger partial charge on any atom is 0.267 e. The molecule has 0 aliphatic rings. The fourth-order valence-corrected chi connectivity index (χ4v) is 3.10. The van der Waals surface area contributed by atoms with Crippen LogP contribution in [0.4, 0.5) is 8.78 Å². The Hall–Kier alpha value is -1.60. The Labute approximate surface area is 137 Å². The largest absolute Gasteiger partial charge is 0.383 e. The summed E-state index contributed by atoms with van der Waals surface area (Å²) in [4.78, 5) is 12.9. The van der Waals surface area contributed by atoms with Gasteiger partial charge in [-0.2, -0.15) is 5.10 Å². The summed E-state index contributed by atoms with van der Waals surface area (Å²) in [6, 6.07) is 5.70. The second kappa shape index (κ2) is 6.49. The predicted octanol–water partition coefficient (Wildman–Crippen LogP) is 3.61. The van der Waals surface area contributed by atoms with E-state index in [1.807, 2.05) is 23.6 Å². The van der Waals surface area contributed by atoms with E-state index in [1.54, 1.807) is 22.2 Å². The highest BCUT2D eigenvalue weighted by molar-refractivity contribution is 7.13. The lowest BCUT2D eigenvalue weighted by Gasteiger charge is -2.40. The van der Waals surface area contributed by atoms with Crippen molar-refractivity contribution in [2.45, 2.75) is 45.8 Å². The van der Waals surface area contributed by atoms with Gasteiger partial charge in [0.05, 0.1) is 10.3 Å². The van der Waals surface area contributed by atoms with E-state index in [2.05, 4.69) is 5.10 Å². The fourth-order valence-electron chi connectivity index (χ4n) is 2.41. The number of rotatable bonds is 7. The van der Waals surface area contributed by atoms with E-state index in [1.165, 1.54) is 13.8 Å². The molecule has 23 heavy (non-hydrogen) atoms. The first-order chi connectivity index (χ1) is 10.7. The molecule has 0 radical (unpaired) electrons. The molecule has 4 nitrogen and oxygen atoms in total. The zero-order valence-corrected chi connectivity index (χ0v) is 14.1. The minimum atomic E-state index is -3.00. The molecule has 2 rings (SSSR count). The van der Waals surface area contributed by atoms with Gasteiger partial charge in [0, 0.05) is 12.7 Å². The third-order valence-corrected chi connectivity index (χ3v) is 5.47. The summed E-state index contributed by atoms with van der Waals surface area (Å²) < 4.78 is 27.9. The van der Waals surface area contributed by atoms with E-state index in [9.17, 15) is 18.7 Å². The number of aliphatic hydroxyl groups is 1. The number of aryl methyl sites for hydroxylation is 1. The maximum atomic E-state index is 13.2. The zero-order valence-electron chi connectivity index (χ0n) is 13.3. The average molecular weight is 342 g/mol. The first-order valence-electron chi connectivity index (χ1n) is 7.27. The number of halogens is 2. The number of Topliss-reactive ketones (excluding diaryl/α,β-unsaturated/α-hetero) is 1. The number of nitrogens with zero attached hydrogens (tertiary/aromatic N) is 2. The second-order valence-corrected chi connectivity index (χ2v) is 6.98. The number of hydrogen-bond donors (Lipinski definition) is 1. The van der Waals surface area contributed by atoms with Gasteiger partial charge in [-0.25, -0.2) is 8.78 Å². The monoisotopic (exact) mass is 342 g/mol. The van der Waals surface area contributed by atoms with Crippen molar-refractivity contribution in [3.05, 3.63) is 29.8 Å². The third-order valence-electron chi connectivity index (χ3n) is 4.57. The number of aromatic nitrogens is 2. The summed E-state index contributed by atoms with van der Waals surface area (Å²) in [5.74, 6) is -0.464. The van der Waals surface area contributed by atoms with Crippen LogP contribution in [-0.4, -0.2) is 32.7 Å². The first kappa shape index (κ1) is 17.7. The number of alkyl halides is 2. The van der Waals surface area contributed by atoms with E-state index >= 15 is 0 Å². The molecule has 2 heterocycles. The van der Waals surface area contributed by atoms with Crippen LogP contribution in [0.5, 0.6) is 0 Å². The highest BCUT2D eigenvalue weighted by Crippen LogP contribution is 2.40. The summed E-state index contributed by atoms with van der Waals surface area (Å²) in [5, 5.41) is 16.4. The lowest BCUT2D eigenvalue weighted by Crippen LogP contribution is -2.53. The number of hydrogen-bond acceptors (Lipinski definition) is 4. The van der Waals surface area contributed by atoms with Crippen molar-refractivity contribution in [3.63, 3.8) is 0 Å². The van der Waals surface area contributed by atoms with E-state index in [0.717, 1.165) is 17.5 Å². The van der Waals surface area contributed by atoms with Crippen LogP contribution in [0.1, 0.15) is 27.2 Å². The molecule has 0 amide bonds. The Morgan fingerprint density at radius 1 is 1.43 bits per heavy atom. The molecule has 0 saturated heterocycles. The molecule has 0 bridgehead atoms. The van der Waals surface area contributed by atoms with E-state index < -0.39 is 23.2 Å². The fraction of sp³-hybridized carbons (Fsp3) is 0.500. The van der Waals surface area contributed by atoms with Crippen molar-refractivity contribution in [1.29, 1.82) is 0 Å². The lowest BCUT2D eigenvalue weighted by atomic mass is 9.69. The van der Waals surface area contributed by atoms with Gasteiger partial charge in [-0.3, -0.25) is 9.48 Å². The molecule has 2 unspecified atom stereocenters. The van der Waals surface area contributed by atoms with Gasteiger partial charge in [-0.15, -0.1) is 11.3 Å². The van der Waals surface area contributed by atoms with Gasteiger partial charge < -0.3 is 5.11 Å². The van der Waals surface area contributed by atoms with Gasteiger partial charge >= 0.3 is 0 Å². The number of ketones is 1. The molecule has 0 aliphatic heterocycles. The summed E-state index contributed by atoms with van der Waals surface area (Å²) in [5.41, 5.74) is -3.14. The Morgan fingerprint density at radius 3 is 2.65 bits per heavy atom. The quantitative estimate of drug-likeness (QED) is 0.836. The van der Waals surface area contributed by atoms with Crippen LogP contribution in [0.2, 0.25) is 0 Å². The highest BCUT2D eigenvalue weighted by atomic mass is 32.1. The summed E-state index contributed by atoms with van der Waals surface area (Å²) in [7, 11) is 0. The Morgan fingerprint density at radius 2 is 2.13 bits per heavy atom. The van der Waals surface area contributed by atoms with Gasteiger partial charge in [0.2, 0.25) is 0 Å². The lowest BCUT2D eigenvalue weighted by molar-refractivity contribution is -0.174. The standard InChI is InChI=1S/C16H20F2N2O2S/c1-11(21)15(2,16(3,22)14(17)18)7-9-20-8-6-12(19-20)13-5-4-10-23-13/h4-6,8,10,14,22H,7,9H2,1-3H3. The molecule has 2 aromatic heterocycles. The average Bonchev–Trinajstić information content (AvgIpc) is 3.14. The molecular weight excluding hydrogens is 322 g/mol. The molecule has 126 valence electrons. The van der Waals surface area contributed by atoms with E-state index in [0.29, 0.717) is 0 Å². The Kier molecular flexibility index (Phi) is 5.01. The van der Waals surface area contributed by atoms with Crippen LogP contribution in [0.3, 0.4) is 0 Å². The van der Waals surface area contributed by atoms with Gasteiger partial charge in [0.15, 0.2) is 0 Å². The first-order valence-corrected chi connectivity index (χ1v) is 8.15. The zero-order chi connectivity index (χ0) is 17.3. The minimum absolute atomic E-state index is 0.0746. The summed E-state index contributed by atoms with van der Waals surface area (Å²) in [6.07, 6.45) is -1.19. The molecular formula is C16H20F2N2O2S. The van der Waals surface area contributed by atoms with Crippen LogP contribution in [0.15, 0.2) is 29.8 Å². The molecule has 7 heteroatoms. The van der Waals surface area contributed by atoms with Crippen molar-refractivity contribution >= 4 is 17.1 Å². The molecule has 1 N–H and O–H groups in total. The van der Waals surface area contributed by atoms with Crippen LogP contribution in [0.25, 0.3) is 10.6 Å². The molecule has 0 aliphatic carbocycles. The number of carbonyl (C=O) groups is 1. The maximum absolute atomic E-state index is 13.2. The van der Waals surface area contributed by atoms with E-state index in [-0.39, 0.29) is 13.0 Å². The van der Waals surface area contributed by atoms with Crippen molar-refractivity contribution in [2.75, 3.05) is 0 Å². The molecule has 0 fully saturated rings. The number of carbonyl (C=O) groups excluding carboxylic acids is 1. The van der Waals surface area contributed by atoms with Crippen molar-refractivity contribution in [3.8, 4) is 10.6 Å². The number of thiophene rings is 1. The normalized spacial score (nSPS) is 17.0. The third kappa shape index (κ3) is 3.35. The molecule has 0 spiro atoms. The van der Waals surface area contributed by atoms with Gasteiger partial charge in [0.25, 0.3) is 6.43 Å². The summed E-state index contributed by atoms with van der Waals surface area (Å²) >= 11 is 1.56. The van der Waals surface area contributed by atoms with Crippen molar-refractivity contribution in [2.24, 2.45) is 5.41 Å². The minimum Gasteiger partial charge on any atom is -0.383 e. The summed E-state index contributed by atoms with van der Waals surface area (Å²) in [6.45, 7) is 3.89. The van der Waals surface area contributed by atoms with Crippen LogP contribution >= 0.6 is 11.3 Å². The van der Waals surface area contributed by atoms with Gasteiger partial charge in [-0.1, -0.05) is 6.07 Å². The smallest absolute Gasteiger partial charge is 0.267 e. The molecule has 0 saturated carbocycles. The van der Waals surface area contributed by atoms with Crippen LogP contribution < -0.4 is 0 Å².